The SMILES string of the molecule is [Zn+][Br].[c-]1ccncc1. The number of rotatable bonds is 0. The van der Waals surface area contributed by atoms with Crippen molar-refractivity contribution in [3.8, 4) is 0 Å². The second kappa shape index (κ2) is 7.25. The second-order valence-electron chi connectivity index (χ2n) is 0.947. The summed E-state index contributed by atoms with van der Waals surface area (Å²) in [5.41, 5.74) is 0. The number of hydrogen-bond acceptors (Lipinski definition) is 1. The van der Waals surface area contributed by atoms with E-state index in [2.05, 4.69) is 24.7 Å². The number of aromatic nitrogens is 1. The molecule has 38 valence electrons. The molecule has 0 atom stereocenters. The van der Waals surface area contributed by atoms with Gasteiger partial charge in [0.05, 0.1) is 0 Å². The summed E-state index contributed by atoms with van der Waals surface area (Å²) < 4.78 is 0. The molecule has 0 aliphatic carbocycles. The largest absolute Gasteiger partial charge is 0.391 e. The van der Waals surface area contributed by atoms with E-state index in [-0.39, 0.29) is 0 Å². The molecule has 0 N–H and O–H groups in total. The van der Waals surface area contributed by atoms with E-state index in [0.29, 0.717) is 0 Å². The van der Waals surface area contributed by atoms with Gasteiger partial charge in [0.25, 0.3) is 0 Å². The van der Waals surface area contributed by atoms with E-state index in [1.165, 1.54) is 16.3 Å². The van der Waals surface area contributed by atoms with Crippen LogP contribution in [-0.2, 0) is 16.3 Å². The van der Waals surface area contributed by atoms with E-state index in [0.717, 1.165) is 0 Å². The van der Waals surface area contributed by atoms with E-state index >= 15 is 0 Å². The number of hydrogen-bond donors (Lipinski definition) is 0. The molecule has 0 fully saturated rings. The van der Waals surface area contributed by atoms with Crippen LogP contribution in [0.3, 0.4) is 0 Å². The van der Waals surface area contributed by atoms with Crippen molar-refractivity contribution in [1.29, 1.82) is 0 Å². The van der Waals surface area contributed by atoms with Crippen LogP contribution < -0.4 is 0 Å². The van der Waals surface area contributed by atoms with Crippen molar-refractivity contribution in [3.63, 3.8) is 0 Å². The van der Waals surface area contributed by atoms with Gasteiger partial charge in [0.1, 0.15) is 0 Å². The Morgan fingerprint density at radius 1 is 1.25 bits per heavy atom. The van der Waals surface area contributed by atoms with Crippen LogP contribution in [0.25, 0.3) is 0 Å². The first-order valence-electron chi connectivity index (χ1n) is 2.03. The minimum absolute atomic E-state index is 1.19. The summed E-state index contributed by atoms with van der Waals surface area (Å²) in [6, 6.07) is 6.36. The topological polar surface area (TPSA) is 12.9 Å². The van der Waals surface area contributed by atoms with Gasteiger partial charge < -0.3 is 4.98 Å². The van der Waals surface area contributed by atoms with Crippen molar-refractivity contribution in [2.75, 3.05) is 0 Å². The van der Waals surface area contributed by atoms with Gasteiger partial charge in [0.2, 0.25) is 0 Å². The first-order chi connectivity index (χ1) is 4.00. The summed E-state index contributed by atoms with van der Waals surface area (Å²) in [5, 5.41) is 0. The molecule has 3 heteroatoms. The zero-order valence-electron chi connectivity index (χ0n) is 4.34. The van der Waals surface area contributed by atoms with Gasteiger partial charge in [-0.2, -0.15) is 18.2 Å². The van der Waals surface area contributed by atoms with E-state index in [4.69, 9.17) is 0 Å². The van der Waals surface area contributed by atoms with Gasteiger partial charge in [-0.1, -0.05) is 12.4 Å². The van der Waals surface area contributed by atoms with Crippen molar-refractivity contribution in [2.45, 2.75) is 0 Å². The molecular weight excluding hydrogens is 219 g/mol. The first kappa shape index (κ1) is 8.25. The van der Waals surface area contributed by atoms with E-state index in [1.54, 1.807) is 24.5 Å². The molecule has 1 heterocycles. The maximum Gasteiger partial charge on any atom is -0.0857 e. The van der Waals surface area contributed by atoms with Crippen LogP contribution in [0.4, 0.5) is 0 Å². The monoisotopic (exact) mass is 221 g/mol. The quantitative estimate of drug-likeness (QED) is 0.482. The van der Waals surface area contributed by atoms with Gasteiger partial charge in [0, 0.05) is 0 Å². The second-order valence-corrected chi connectivity index (χ2v) is 0.947. The van der Waals surface area contributed by atoms with E-state index in [1.807, 2.05) is 0 Å². The molecule has 8 heavy (non-hydrogen) atoms. The molecule has 1 aromatic rings. The average Bonchev–Trinajstić information content (AvgIpc) is 1.96. The van der Waals surface area contributed by atoms with Crippen LogP contribution in [0.1, 0.15) is 0 Å². The Hall–Kier alpha value is 0.253. The molecule has 0 unspecified atom stereocenters. The van der Waals surface area contributed by atoms with Crippen LogP contribution in [0.5, 0.6) is 0 Å². The molecule has 0 bridgehead atoms. The van der Waals surface area contributed by atoms with Gasteiger partial charge in [-0.25, -0.2) is 0 Å². The maximum absolute atomic E-state index is 3.75. The summed E-state index contributed by atoms with van der Waals surface area (Å²) in [4.78, 5) is 3.75. The van der Waals surface area contributed by atoms with Gasteiger partial charge in [-0.3, -0.25) is 0 Å². The molecule has 0 saturated carbocycles. The van der Waals surface area contributed by atoms with E-state index < -0.39 is 0 Å². The van der Waals surface area contributed by atoms with Gasteiger partial charge in [0.15, 0.2) is 0 Å². The third-order valence-electron chi connectivity index (χ3n) is 0.514. The third kappa shape index (κ3) is 4.41. The summed E-state index contributed by atoms with van der Waals surface area (Å²) in [6.07, 6.45) is 3.39. The Bertz CT molecular complexity index is 84.4. The molecule has 0 radical (unpaired) electrons. The van der Waals surface area contributed by atoms with Gasteiger partial charge >= 0.3 is 30.0 Å². The fourth-order valence-electron chi connectivity index (χ4n) is 0.277. The Labute approximate surface area is 65.6 Å². The predicted molar refractivity (Wildman–Crippen MR) is 32.0 cm³/mol. The van der Waals surface area contributed by atoms with Crippen LogP contribution in [0.15, 0.2) is 24.5 Å². The fraction of sp³-hybridized carbons (Fsp3) is 0. The molecule has 0 amide bonds. The van der Waals surface area contributed by atoms with Crippen LogP contribution in [-0.4, -0.2) is 4.98 Å². The number of pyridine rings is 1. The van der Waals surface area contributed by atoms with Crippen LogP contribution >= 0.6 is 13.6 Å². The number of nitrogens with zero attached hydrogens (tertiary/aromatic N) is 1. The molecule has 1 rings (SSSR count). The summed E-state index contributed by atoms with van der Waals surface area (Å²) in [7, 11) is 0. The Morgan fingerprint density at radius 3 is 1.88 bits per heavy atom. The van der Waals surface area contributed by atoms with Crippen molar-refractivity contribution >= 4 is 13.6 Å². The van der Waals surface area contributed by atoms with Crippen LogP contribution in [0, 0.1) is 6.07 Å². The van der Waals surface area contributed by atoms with Crippen molar-refractivity contribution in [2.24, 2.45) is 0 Å². The minimum Gasteiger partial charge on any atom is -0.391 e. The molecule has 0 spiro atoms. The zero-order valence-corrected chi connectivity index (χ0v) is 8.89. The normalized spacial score (nSPS) is 6.88. The molecule has 1 aromatic heterocycles. The predicted octanol–water partition coefficient (Wildman–Crippen LogP) is 1.72. The summed E-state index contributed by atoms with van der Waals surface area (Å²) >= 11 is 4.25. The third-order valence-corrected chi connectivity index (χ3v) is 0.514. The summed E-state index contributed by atoms with van der Waals surface area (Å²) in [6.45, 7) is 0. The average molecular weight is 223 g/mol. The Morgan fingerprint density at radius 2 is 1.75 bits per heavy atom. The molecule has 1 nitrogen and oxygen atoms in total. The van der Waals surface area contributed by atoms with Gasteiger partial charge in [-0.15, -0.1) is 0 Å². The molecule has 0 aliphatic rings. The Kier molecular flexibility index (Phi) is 7.48. The first-order valence-corrected chi connectivity index (χ1v) is 8.98. The summed E-state index contributed by atoms with van der Waals surface area (Å²) in [5.74, 6) is 0. The molecule has 0 saturated heterocycles. The van der Waals surface area contributed by atoms with Crippen molar-refractivity contribution in [3.05, 3.63) is 30.6 Å². The van der Waals surface area contributed by atoms with Gasteiger partial charge in [-0.05, 0) is 0 Å². The molecule has 0 aromatic carbocycles. The fourth-order valence-corrected chi connectivity index (χ4v) is 0.277. The van der Waals surface area contributed by atoms with E-state index in [9.17, 15) is 0 Å². The smallest absolute Gasteiger partial charge is 0.0857 e. The molecule has 0 aliphatic heterocycles. The maximum atomic E-state index is 3.75. The van der Waals surface area contributed by atoms with Crippen LogP contribution in [0.2, 0.25) is 0 Å². The number of halogens is 1. The standard InChI is InChI=1S/C5H4N.BrH.Zn/c1-2-4-6-5-3-1;;/h2-5H;1H;/q-1;;+2/p-1. The molecular formula is C5H4BrNZn. The zero-order chi connectivity index (χ0) is 6.24. The van der Waals surface area contributed by atoms with Crippen molar-refractivity contribution < 1.29 is 16.3 Å². The van der Waals surface area contributed by atoms with Crippen molar-refractivity contribution in [1.82, 2.24) is 4.98 Å². The minimum atomic E-state index is 1.19. The Balaban J connectivity index is 0.000000222.